The molecule has 3 N–H and O–H groups in total. The highest BCUT2D eigenvalue weighted by Gasteiger charge is 2.22. The van der Waals surface area contributed by atoms with Gasteiger partial charge in [0.05, 0.1) is 9.47 Å². The molecule has 1 heterocycles. The largest absolute Gasteiger partial charge is 0.365 e. The summed E-state index contributed by atoms with van der Waals surface area (Å²) in [6, 6.07) is 1.70. The standard InChI is InChI=1S/C12H17BrN2O2S/c1-4-7(6(2)3)12(17)15-8-5-9(13)18-10(8)11(14)16/h5-7H,4H2,1-3H3,(H2,14,16)(H,15,17)/t7-/m0/s1. The Balaban J connectivity index is 2.90. The molecule has 0 aliphatic carbocycles. The summed E-state index contributed by atoms with van der Waals surface area (Å²) in [4.78, 5) is 23.7. The van der Waals surface area contributed by atoms with Crippen LogP contribution in [0.5, 0.6) is 0 Å². The second-order valence-electron chi connectivity index (χ2n) is 4.41. The topological polar surface area (TPSA) is 72.2 Å². The number of nitrogens with one attached hydrogen (secondary N) is 1. The molecule has 100 valence electrons. The zero-order chi connectivity index (χ0) is 13.9. The van der Waals surface area contributed by atoms with Crippen LogP contribution in [0.1, 0.15) is 36.9 Å². The van der Waals surface area contributed by atoms with Crippen LogP contribution in [0.4, 0.5) is 5.69 Å². The van der Waals surface area contributed by atoms with Crippen LogP contribution in [0.2, 0.25) is 0 Å². The van der Waals surface area contributed by atoms with E-state index in [1.165, 1.54) is 11.3 Å². The van der Waals surface area contributed by atoms with Gasteiger partial charge < -0.3 is 11.1 Å². The van der Waals surface area contributed by atoms with Crippen LogP contribution in [-0.4, -0.2) is 11.8 Å². The average molecular weight is 333 g/mol. The van der Waals surface area contributed by atoms with Gasteiger partial charge in [-0.1, -0.05) is 20.8 Å². The Kier molecular flexibility index (Phi) is 5.34. The van der Waals surface area contributed by atoms with Crippen LogP contribution in [0, 0.1) is 11.8 Å². The van der Waals surface area contributed by atoms with Crippen LogP contribution >= 0.6 is 27.3 Å². The summed E-state index contributed by atoms with van der Waals surface area (Å²) in [6.45, 7) is 5.99. The first kappa shape index (κ1) is 15.2. The van der Waals surface area contributed by atoms with Crippen molar-refractivity contribution in [1.29, 1.82) is 0 Å². The molecule has 18 heavy (non-hydrogen) atoms. The molecule has 0 radical (unpaired) electrons. The fraction of sp³-hybridized carbons (Fsp3) is 0.500. The van der Waals surface area contributed by atoms with E-state index in [1.54, 1.807) is 6.07 Å². The number of carbonyl (C=O) groups excluding carboxylic acids is 2. The van der Waals surface area contributed by atoms with Gasteiger partial charge in [-0.2, -0.15) is 0 Å². The van der Waals surface area contributed by atoms with Gasteiger partial charge in [0, 0.05) is 5.92 Å². The molecule has 6 heteroatoms. The number of primary amides is 1. The van der Waals surface area contributed by atoms with Crippen LogP contribution < -0.4 is 11.1 Å². The van der Waals surface area contributed by atoms with Crippen LogP contribution in [0.15, 0.2) is 9.85 Å². The zero-order valence-corrected chi connectivity index (χ0v) is 13.0. The third-order valence-corrected chi connectivity index (χ3v) is 4.42. The predicted molar refractivity (Wildman–Crippen MR) is 77.8 cm³/mol. The summed E-state index contributed by atoms with van der Waals surface area (Å²) in [6.07, 6.45) is 0.765. The lowest BCUT2D eigenvalue weighted by Gasteiger charge is -2.18. The number of carbonyl (C=O) groups is 2. The van der Waals surface area contributed by atoms with Gasteiger partial charge >= 0.3 is 0 Å². The molecule has 0 saturated heterocycles. The van der Waals surface area contributed by atoms with Crippen LogP contribution in [0.25, 0.3) is 0 Å². The molecule has 0 fully saturated rings. The minimum Gasteiger partial charge on any atom is -0.365 e. The van der Waals surface area contributed by atoms with E-state index in [-0.39, 0.29) is 17.7 Å². The first-order valence-corrected chi connectivity index (χ1v) is 7.37. The van der Waals surface area contributed by atoms with Crippen molar-refractivity contribution in [2.45, 2.75) is 27.2 Å². The highest BCUT2D eigenvalue weighted by atomic mass is 79.9. The van der Waals surface area contributed by atoms with E-state index in [2.05, 4.69) is 21.2 Å². The van der Waals surface area contributed by atoms with E-state index in [0.717, 1.165) is 10.2 Å². The number of hydrogen-bond acceptors (Lipinski definition) is 3. The first-order valence-electron chi connectivity index (χ1n) is 5.76. The lowest BCUT2D eigenvalue weighted by molar-refractivity contribution is -0.121. The fourth-order valence-electron chi connectivity index (χ4n) is 1.82. The van der Waals surface area contributed by atoms with E-state index in [4.69, 9.17) is 5.73 Å². The van der Waals surface area contributed by atoms with Gasteiger partial charge in [0.25, 0.3) is 5.91 Å². The minimum atomic E-state index is -0.529. The molecule has 0 aliphatic heterocycles. The normalized spacial score (nSPS) is 12.5. The maximum absolute atomic E-state index is 12.1. The fourth-order valence-corrected chi connectivity index (χ4v) is 3.23. The van der Waals surface area contributed by atoms with Gasteiger partial charge in [0.2, 0.25) is 5.91 Å². The van der Waals surface area contributed by atoms with E-state index >= 15 is 0 Å². The summed E-state index contributed by atoms with van der Waals surface area (Å²) in [5, 5.41) is 2.79. The van der Waals surface area contributed by atoms with Crippen molar-refractivity contribution in [3.63, 3.8) is 0 Å². The Morgan fingerprint density at radius 2 is 2.11 bits per heavy atom. The summed E-state index contributed by atoms with van der Waals surface area (Å²) in [5.41, 5.74) is 5.76. The van der Waals surface area contributed by atoms with E-state index in [9.17, 15) is 9.59 Å². The third kappa shape index (κ3) is 3.55. The second kappa shape index (κ2) is 6.33. The van der Waals surface area contributed by atoms with Crippen molar-refractivity contribution < 1.29 is 9.59 Å². The number of halogens is 1. The molecule has 1 aromatic heterocycles. The summed E-state index contributed by atoms with van der Waals surface area (Å²) >= 11 is 4.50. The summed E-state index contributed by atoms with van der Waals surface area (Å²) in [7, 11) is 0. The molecule has 1 atom stereocenters. The highest BCUT2D eigenvalue weighted by molar-refractivity contribution is 9.11. The SMILES string of the molecule is CC[C@H](C(=O)Nc1cc(Br)sc1C(N)=O)C(C)C. The highest BCUT2D eigenvalue weighted by Crippen LogP contribution is 2.31. The predicted octanol–water partition coefficient (Wildman–Crippen LogP) is 3.23. The van der Waals surface area contributed by atoms with Crippen molar-refractivity contribution in [3.05, 3.63) is 14.7 Å². The summed E-state index contributed by atoms with van der Waals surface area (Å²) in [5.74, 6) is -0.405. The van der Waals surface area contributed by atoms with Crippen LogP contribution in [-0.2, 0) is 4.79 Å². The smallest absolute Gasteiger partial charge is 0.260 e. The number of amides is 2. The molecule has 1 aromatic rings. The number of rotatable bonds is 5. The molecule has 2 amide bonds. The van der Waals surface area contributed by atoms with Gasteiger partial charge in [-0.15, -0.1) is 11.3 Å². The van der Waals surface area contributed by atoms with Crippen LogP contribution in [0.3, 0.4) is 0 Å². The molecule has 0 bridgehead atoms. The zero-order valence-electron chi connectivity index (χ0n) is 10.6. The number of hydrogen-bond donors (Lipinski definition) is 2. The Hall–Kier alpha value is -0.880. The van der Waals surface area contributed by atoms with Gasteiger partial charge in [0.1, 0.15) is 4.88 Å². The second-order valence-corrected chi connectivity index (χ2v) is 6.84. The number of nitrogens with two attached hydrogens (primary N) is 1. The Morgan fingerprint density at radius 3 is 2.56 bits per heavy atom. The Labute approximate surface area is 119 Å². The van der Waals surface area contributed by atoms with Crippen molar-refractivity contribution >= 4 is 44.8 Å². The molecule has 4 nitrogen and oxygen atoms in total. The van der Waals surface area contributed by atoms with Gasteiger partial charge in [-0.3, -0.25) is 9.59 Å². The molecule has 0 aliphatic rings. The quantitative estimate of drug-likeness (QED) is 0.868. The van der Waals surface area contributed by atoms with Crippen molar-refractivity contribution in [2.24, 2.45) is 17.6 Å². The molecule has 0 unspecified atom stereocenters. The van der Waals surface area contributed by atoms with Crippen molar-refractivity contribution in [2.75, 3.05) is 5.32 Å². The molecule has 0 spiro atoms. The maximum Gasteiger partial charge on any atom is 0.260 e. The lowest BCUT2D eigenvalue weighted by atomic mass is 9.92. The number of anilines is 1. The Bertz CT molecular complexity index is 457. The molecule has 0 saturated carbocycles. The van der Waals surface area contributed by atoms with Gasteiger partial charge in [0.15, 0.2) is 0 Å². The van der Waals surface area contributed by atoms with Gasteiger partial charge in [-0.05, 0) is 34.3 Å². The number of thiophene rings is 1. The maximum atomic E-state index is 12.1. The average Bonchev–Trinajstić information content (AvgIpc) is 2.59. The van der Waals surface area contributed by atoms with Gasteiger partial charge in [-0.25, -0.2) is 0 Å². The first-order chi connectivity index (χ1) is 8.36. The molecule has 1 rings (SSSR count). The molecular weight excluding hydrogens is 316 g/mol. The minimum absolute atomic E-state index is 0.0654. The van der Waals surface area contributed by atoms with Crippen molar-refractivity contribution in [1.82, 2.24) is 0 Å². The Morgan fingerprint density at radius 1 is 1.50 bits per heavy atom. The summed E-state index contributed by atoms with van der Waals surface area (Å²) < 4.78 is 0.768. The molecule has 0 aromatic carbocycles. The van der Waals surface area contributed by atoms with E-state index in [0.29, 0.717) is 10.6 Å². The van der Waals surface area contributed by atoms with Crippen molar-refractivity contribution in [3.8, 4) is 0 Å². The monoisotopic (exact) mass is 332 g/mol. The van der Waals surface area contributed by atoms with E-state index < -0.39 is 5.91 Å². The van der Waals surface area contributed by atoms with E-state index in [1.807, 2.05) is 20.8 Å². The third-order valence-electron chi connectivity index (χ3n) is 2.77. The lowest BCUT2D eigenvalue weighted by Crippen LogP contribution is -2.27. The molecular formula is C12H17BrN2O2S.